The van der Waals surface area contributed by atoms with Crippen molar-refractivity contribution in [2.45, 2.75) is 38.1 Å². The van der Waals surface area contributed by atoms with Gasteiger partial charge < -0.3 is 4.42 Å². The first-order valence-corrected chi connectivity index (χ1v) is 6.62. The van der Waals surface area contributed by atoms with E-state index in [-0.39, 0.29) is 5.76 Å². The molecule has 1 saturated carbocycles. The zero-order valence-electron chi connectivity index (χ0n) is 10.3. The van der Waals surface area contributed by atoms with Crippen LogP contribution in [-0.2, 0) is 0 Å². The molecular weight excluding hydrogens is 226 g/mol. The van der Waals surface area contributed by atoms with Crippen molar-refractivity contribution in [1.29, 1.82) is 0 Å². The van der Waals surface area contributed by atoms with Crippen LogP contribution in [0, 0.1) is 0 Å². The second-order valence-corrected chi connectivity index (χ2v) is 4.93. The second kappa shape index (κ2) is 4.84. The molecule has 1 aromatic carbocycles. The van der Waals surface area contributed by atoms with Crippen molar-refractivity contribution in [2.24, 2.45) is 0 Å². The van der Waals surface area contributed by atoms with Gasteiger partial charge in [-0.15, -0.1) is 0 Å². The third-order valence-electron chi connectivity index (χ3n) is 3.69. The quantitative estimate of drug-likeness (QED) is 0.807. The first kappa shape index (κ1) is 11.3. The summed E-state index contributed by atoms with van der Waals surface area (Å²) in [6, 6.07) is 10.1. The predicted molar refractivity (Wildman–Crippen MR) is 70.5 cm³/mol. The van der Waals surface area contributed by atoms with Crippen LogP contribution in [-0.4, -0.2) is 4.57 Å². The molecule has 3 nitrogen and oxygen atoms in total. The van der Waals surface area contributed by atoms with Gasteiger partial charge in [0.1, 0.15) is 0 Å². The minimum absolute atomic E-state index is 0.222. The lowest BCUT2D eigenvalue weighted by Gasteiger charge is -2.21. The first-order valence-electron chi connectivity index (χ1n) is 6.62. The van der Waals surface area contributed by atoms with E-state index >= 15 is 0 Å². The Morgan fingerprint density at radius 3 is 2.50 bits per heavy atom. The summed E-state index contributed by atoms with van der Waals surface area (Å²) < 4.78 is 7.14. The SMILES string of the molecule is O=c1oc(-c2ccccc2)cn1C1CCCCC1. The first-order chi connectivity index (χ1) is 8.84. The molecule has 0 radical (unpaired) electrons. The Kier molecular flexibility index (Phi) is 3.05. The van der Waals surface area contributed by atoms with Gasteiger partial charge in [-0.05, 0) is 12.8 Å². The Bertz CT molecular complexity index is 562. The number of benzene rings is 1. The molecule has 0 atom stereocenters. The van der Waals surface area contributed by atoms with Crippen molar-refractivity contribution in [1.82, 2.24) is 4.57 Å². The molecule has 0 amide bonds. The molecule has 3 rings (SSSR count). The summed E-state index contributed by atoms with van der Waals surface area (Å²) in [6.45, 7) is 0. The number of rotatable bonds is 2. The summed E-state index contributed by atoms with van der Waals surface area (Å²) in [6.07, 6.45) is 7.76. The molecule has 1 fully saturated rings. The van der Waals surface area contributed by atoms with Gasteiger partial charge in [-0.2, -0.15) is 0 Å². The number of nitrogens with zero attached hydrogens (tertiary/aromatic N) is 1. The smallest absolute Gasteiger partial charge is 0.408 e. The standard InChI is InChI=1S/C15H17NO2/c17-15-16(13-9-5-2-6-10-13)11-14(18-15)12-7-3-1-4-8-12/h1,3-4,7-8,11,13H,2,5-6,9-10H2. The van der Waals surface area contributed by atoms with E-state index in [9.17, 15) is 4.79 Å². The number of oxazole rings is 1. The maximum Gasteiger partial charge on any atom is 0.419 e. The highest BCUT2D eigenvalue weighted by Crippen LogP contribution is 2.28. The summed E-state index contributed by atoms with van der Waals surface area (Å²) in [5.41, 5.74) is 0.962. The van der Waals surface area contributed by atoms with Crippen LogP contribution in [0.4, 0.5) is 0 Å². The molecule has 2 aromatic rings. The summed E-state index contributed by atoms with van der Waals surface area (Å²) in [4.78, 5) is 11.9. The van der Waals surface area contributed by atoms with Gasteiger partial charge in [-0.3, -0.25) is 4.57 Å². The van der Waals surface area contributed by atoms with Gasteiger partial charge in [0.2, 0.25) is 0 Å². The number of aromatic nitrogens is 1. The molecule has 1 heterocycles. The highest BCUT2D eigenvalue weighted by atomic mass is 16.4. The molecule has 1 aliphatic carbocycles. The van der Waals surface area contributed by atoms with Crippen LogP contribution in [0.25, 0.3) is 11.3 Å². The summed E-state index contributed by atoms with van der Waals surface area (Å²) in [5, 5.41) is 0. The molecule has 0 N–H and O–H groups in total. The minimum atomic E-state index is -0.222. The molecule has 0 aliphatic heterocycles. The Morgan fingerprint density at radius 2 is 1.78 bits per heavy atom. The molecule has 0 bridgehead atoms. The molecule has 3 heteroatoms. The van der Waals surface area contributed by atoms with Crippen LogP contribution in [0.5, 0.6) is 0 Å². The fourth-order valence-corrected chi connectivity index (χ4v) is 2.70. The summed E-state index contributed by atoms with van der Waals surface area (Å²) in [5.74, 6) is 0.451. The number of hydrogen-bond donors (Lipinski definition) is 0. The van der Waals surface area contributed by atoms with E-state index < -0.39 is 0 Å². The largest absolute Gasteiger partial charge is 0.419 e. The molecule has 0 unspecified atom stereocenters. The van der Waals surface area contributed by atoms with Gasteiger partial charge in [-0.1, -0.05) is 49.6 Å². The van der Waals surface area contributed by atoms with Gasteiger partial charge in [0.25, 0.3) is 0 Å². The highest BCUT2D eigenvalue weighted by molar-refractivity contribution is 5.55. The van der Waals surface area contributed by atoms with E-state index in [1.807, 2.05) is 36.5 Å². The van der Waals surface area contributed by atoms with Gasteiger partial charge in [0, 0.05) is 11.6 Å². The fraction of sp³-hybridized carbons (Fsp3) is 0.400. The van der Waals surface area contributed by atoms with Crippen molar-refractivity contribution in [3.05, 3.63) is 47.1 Å². The van der Waals surface area contributed by atoms with Gasteiger partial charge in [0.05, 0.1) is 6.20 Å². The van der Waals surface area contributed by atoms with E-state index in [0.717, 1.165) is 18.4 Å². The molecule has 1 aliphatic rings. The minimum Gasteiger partial charge on any atom is -0.408 e. The van der Waals surface area contributed by atoms with Crippen LogP contribution in [0.15, 0.2) is 45.7 Å². The van der Waals surface area contributed by atoms with Crippen molar-refractivity contribution in [3.8, 4) is 11.3 Å². The summed E-state index contributed by atoms with van der Waals surface area (Å²) in [7, 11) is 0. The average Bonchev–Trinajstić information content (AvgIpc) is 2.83. The van der Waals surface area contributed by atoms with Crippen LogP contribution in [0.2, 0.25) is 0 Å². The molecule has 0 spiro atoms. The molecule has 18 heavy (non-hydrogen) atoms. The average molecular weight is 243 g/mol. The van der Waals surface area contributed by atoms with E-state index in [1.165, 1.54) is 19.3 Å². The third-order valence-corrected chi connectivity index (χ3v) is 3.69. The van der Waals surface area contributed by atoms with Gasteiger partial charge >= 0.3 is 5.76 Å². The van der Waals surface area contributed by atoms with Crippen LogP contribution in [0.1, 0.15) is 38.1 Å². The molecule has 1 aromatic heterocycles. The second-order valence-electron chi connectivity index (χ2n) is 4.93. The van der Waals surface area contributed by atoms with E-state index in [2.05, 4.69) is 0 Å². The zero-order chi connectivity index (χ0) is 12.4. The fourth-order valence-electron chi connectivity index (χ4n) is 2.70. The monoisotopic (exact) mass is 243 g/mol. The highest BCUT2D eigenvalue weighted by Gasteiger charge is 2.19. The van der Waals surface area contributed by atoms with Gasteiger partial charge in [0.15, 0.2) is 5.76 Å². The zero-order valence-corrected chi connectivity index (χ0v) is 10.3. The van der Waals surface area contributed by atoms with E-state index in [1.54, 1.807) is 4.57 Å². The third kappa shape index (κ3) is 2.13. The van der Waals surface area contributed by atoms with E-state index in [0.29, 0.717) is 11.8 Å². The van der Waals surface area contributed by atoms with Crippen LogP contribution in [0.3, 0.4) is 0 Å². The molecule has 94 valence electrons. The topological polar surface area (TPSA) is 35.1 Å². The number of hydrogen-bond acceptors (Lipinski definition) is 2. The summed E-state index contributed by atoms with van der Waals surface area (Å²) >= 11 is 0. The Morgan fingerprint density at radius 1 is 1.06 bits per heavy atom. The maximum absolute atomic E-state index is 11.9. The maximum atomic E-state index is 11.9. The Balaban J connectivity index is 1.93. The van der Waals surface area contributed by atoms with E-state index in [4.69, 9.17) is 4.42 Å². The lowest BCUT2D eigenvalue weighted by molar-refractivity contribution is 0.330. The van der Waals surface area contributed by atoms with Gasteiger partial charge in [-0.25, -0.2) is 4.79 Å². The van der Waals surface area contributed by atoms with Crippen LogP contribution >= 0.6 is 0 Å². The Labute approximate surface area is 106 Å². The normalized spacial score (nSPS) is 16.9. The van der Waals surface area contributed by atoms with Crippen molar-refractivity contribution < 1.29 is 4.42 Å². The van der Waals surface area contributed by atoms with Crippen molar-refractivity contribution >= 4 is 0 Å². The lowest BCUT2D eigenvalue weighted by Crippen LogP contribution is -2.21. The molecular formula is C15H17NO2. The Hall–Kier alpha value is -1.77. The van der Waals surface area contributed by atoms with Crippen molar-refractivity contribution in [2.75, 3.05) is 0 Å². The predicted octanol–water partition coefficient (Wildman–Crippen LogP) is 3.61. The van der Waals surface area contributed by atoms with Crippen molar-refractivity contribution in [3.63, 3.8) is 0 Å². The molecule has 0 saturated heterocycles. The van der Waals surface area contributed by atoms with Crippen LogP contribution < -0.4 is 5.76 Å². The lowest BCUT2D eigenvalue weighted by atomic mass is 9.95.